The zero-order valence-electron chi connectivity index (χ0n) is 9.32. The van der Waals surface area contributed by atoms with E-state index < -0.39 is 62.0 Å². The van der Waals surface area contributed by atoms with Gasteiger partial charge in [-0.1, -0.05) is 0 Å². The van der Waals surface area contributed by atoms with Crippen LogP contribution in [-0.2, 0) is 10.1 Å². The molecule has 0 bridgehead atoms. The third-order valence-corrected chi connectivity index (χ3v) is 5.48. The third-order valence-electron chi connectivity index (χ3n) is 2.56. The molecule has 21 heavy (non-hydrogen) atoms. The first-order chi connectivity index (χ1) is 9.50. The molecule has 0 aliphatic carbocycles. The van der Waals surface area contributed by atoms with Crippen molar-refractivity contribution in [2.24, 2.45) is 0 Å². The average molecular weight is 550 g/mol. The van der Waals surface area contributed by atoms with Gasteiger partial charge in [0, 0.05) is 10.8 Å². The Hall–Kier alpha value is -0.280. The van der Waals surface area contributed by atoms with Crippen molar-refractivity contribution >= 4 is 66.1 Å². The van der Waals surface area contributed by atoms with Gasteiger partial charge in [-0.05, 0) is 45.2 Å². The molecule has 0 fully saturated rings. The summed E-state index contributed by atoms with van der Waals surface area (Å²) >= 11 is 2.38. The van der Waals surface area contributed by atoms with Gasteiger partial charge in [0.1, 0.15) is 4.90 Å². The summed E-state index contributed by atoms with van der Waals surface area (Å²) in [4.78, 5) is -1.77. The molecule has 2 rings (SSSR count). The summed E-state index contributed by atoms with van der Waals surface area (Å²) in [7, 11) is -5.42. The highest BCUT2D eigenvalue weighted by Gasteiger charge is 2.32. The number of hydrogen-bond acceptors (Lipinski definition) is 2. The van der Waals surface area contributed by atoms with Crippen LogP contribution in [0.3, 0.4) is 0 Å². The zero-order chi connectivity index (χ0) is 16.3. The summed E-state index contributed by atoms with van der Waals surface area (Å²) < 4.78 is 98.1. The minimum atomic E-state index is -5.42. The van der Waals surface area contributed by atoms with E-state index in [-0.39, 0.29) is 0 Å². The molecule has 0 amide bonds. The summed E-state index contributed by atoms with van der Waals surface area (Å²) in [5.74, 6) is -9.56. The SMILES string of the molecule is O=S(=O)(O)c1c(F)c(F)c(I)c2c(I)c(F)c(F)c(F)c12. The Morgan fingerprint density at radius 2 is 1.14 bits per heavy atom. The Bertz CT molecular complexity index is 890. The second-order valence-electron chi connectivity index (χ2n) is 3.75. The van der Waals surface area contributed by atoms with Crippen LogP contribution >= 0.6 is 45.2 Å². The van der Waals surface area contributed by atoms with Crippen LogP contribution in [0.4, 0.5) is 22.0 Å². The Morgan fingerprint density at radius 1 is 0.714 bits per heavy atom. The molecule has 0 aliphatic rings. The highest BCUT2D eigenvalue weighted by molar-refractivity contribution is 14.1. The summed E-state index contributed by atoms with van der Waals surface area (Å²) in [5.41, 5.74) is 0. The minimum absolute atomic E-state index is 0.644. The van der Waals surface area contributed by atoms with E-state index in [1.165, 1.54) is 45.2 Å². The van der Waals surface area contributed by atoms with Gasteiger partial charge < -0.3 is 0 Å². The molecule has 0 saturated heterocycles. The van der Waals surface area contributed by atoms with Crippen molar-refractivity contribution < 1.29 is 34.9 Å². The topological polar surface area (TPSA) is 54.4 Å². The van der Waals surface area contributed by atoms with E-state index in [1.54, 1.807) is 0 Å². The highest BCUT2D eigenvalue weighted by Crippen LogP contribution is 2.39. The fourth-order valence-corrected chi connectivity index (χ4v) is 4.54. The fourth-order valence-electron chi connectivity index (χ4n) is 1.71. The van der Waals surface area contributed by atoms with Crippen LogP contribution in [0.25, 0.3) is 10.8 Å². The molecule has 0 atom stereocenters. The van der Waals surface area contributed by atoms with Gasteiger partial charge >= 0.3 is 0 Å². The lowest BCUT2D eigenvalue weighted by atomic mass is 10.1. The molecular formula is C10HF5I2O3S. The largest absolute Gasteiger partial charge is 0.298 e. The number of halogens is 7. The molecule has 0 aliphatic heterocycles. The molecule has 0 spiro atoms. The molecule has 11 heteroatoms. The lowest BCUT2D eigenvalue weighted by Crippen LogP contribution is -2.11. The van der Waals surface area contributed by atoms with Crippen molar-refractivity contribution in [1.82, 2.24) is 0 Å². The molecule has 3 nitrogen and oxygen atoms in total. The molecular weight excluding hydrogens is 549 g/mol. The number of hydrogen-bond donors (Lipinski definition) is 1. The molecule has 0 radical (unpaired) electrons. The van der Waals surface area contributed by atoms with E-state index >= 15 is 0 Å². The fraction of sp³-hybridized carbons (Fsp3) is 0. The molecule has 2 aromatic rings. The van der Waals surface area contributed by atoms with Crippen molar-refractivity contribution in [1.29, 1.82) is 0 Å². The maximum Gasteiger partial charge on any atom is 0.298 e. The van der Waals surface area contributed by atoms with Crippen LogP contribution in [0.2, 0.25) is 0 Å². The van der Waals surface area contributed by atoms with Crippen molar-refractivity contribution in [3.05, 3.63) is 36.2 Å². The Labute approximate surface area is 141 Å². The van der Waals surface area contributed by atoms with Crippen LogP contribution in [-0.4, -0.2) is 13.0 Å². The summed E-state index contributed by atoms with van der Waals surface area (Å²) in [6.07, 6.45) is 0. The van der Waals surface area contributed by atoms with Gasteiger partial charge in [-0.15, -0.1) is 0 Å². The van der Waals surface area contributed by atoms with Crippen molar-refractivity contribution in [2.45, 2.75) is 4.90 Å². The van der Waals surface area contributed by atoms with Gasteiger partial charge in [-0.2, -0.15) is 8.42 Å². The molecule has 0 aromatic heterocycles. The van der Waals surface area contributed by atoms with Crippen molar-refractivity contribution in [3.63, 3.8) is 0 Å². The predicted octanol–water partition coefficient (Wildman–Crippen LogP) is 3.99. The Balaban J connectivity index is 3.35. The molecule has 0 unspecified atom stereocenters. The lowest BCUT2D eigenvalue weighted by molar-refractivity contribution is 0.439. The summed E-state index contributed by atoms with van der Waals surface area (Å²) in [5, 5.41) is -1.93. The minimum Gasteiger partial charge on any atom is -0.282 e. The number of rotatable bonds is 1. The second kappa shape index (κ2) is 5.42. The first kappa shape index (κ1) is 17.1. The van der Waals surface area contributed by atoms with E-state index in [0.717, 1.165) is 0 Å². The van der Waals surface area contributed by atoms with Gasteiger partial charge in [0.25, 0.3) is 10.1 Å². The Morgan fingerprint density at radius 3 is 1.57 bits per heavy atom. The Kier molecular flexibility index (Phi) is 4.41. The normalized spacial score (nSPS) is 12.2. The first-order valence-corrected chi connectivity index (χ1v) is 8.39. The second-order valence-corrected chi connectivity index (χ2v) is 7.27. The van der Waals surface area contributed by atoms with Crippen LogP contribution in [0.5, 0.6) is 0 Å². The number of benzene rings is 2. The van der Waals surface area contributed by atoms with Crippen LogP contribution in [0.1, 0.15) is 0 Å². The highest BCUT2D eigenvalue weighted by atomic mass is 127. The average Bonchev–Trinajstić information content (AvgIpc) is 2.38. The maximum absolute atomic E-state index is 13.8. The summed E-state index contributed by atoms with van der Waals surface area (Å²) in [6.45, 7) is 0. The third kappa shape index (κ3) is 2.50. The number of fused-ring (bicyclic) bond motifs is 1. The predicted molar refractivity (Wildman–Crippen MR) is 79.0 cm³/mol. The molecule has 0 heterocycles. The van der Waals surface area contributed by atoms with Gasteiger partial charge in [0.2, 0.25) is 0 Å². The van der Waals surface area contributed by atoms with E-state index in [0.29, 0.717) is 0 Å². The van der Waals surface area contributed by atoms with Crippen molar-refractivity contribution in [2.75, 3.05) is 0 Å². The van der Waals surface area contributed by atoms with Crippen molar-refractivity contribution in [3.8, 4) is 0 Å². The maximum atomic E-state index is 13.8. The molecule has 2 aromatic carbocycles. The molecule has 0 saturated carbocycles. The lowest BCUT2D eigenvalue weighted by Gasteiger charge is -2.13. The molecule has 1 N–H and O–H groups in total. The standard InChI is InChI=1S/C10HF5I2O3S/c11-3-1-2(8(16)5(13)4(3)12)9(17)6(14)7(15)10(1)21(18,19)20/h(H,18,19,20). The van der Waals surface area contributed by atoms with Crippen LogP contribution in [0.15, 0.2) is 4.90 Å². The monoisotopic (exact) mass is 550 g/mol. The van der Waals surface area contributed by atoms with E-state index in [9.17, 15) is 30.4 Å². The zero-order valence-corrected chi connectivity index (χ0v) is 14.4. The van der Waals surface area contributed by atoms with Gasteiger partial charge in [0.05, 0.1) is 7.14 Å². The van der Waals surface area contributed by atoms with Gasteiger partial charge in [0.15, 0.2) is 29.1 Å². The van der Waals surface area contributed by atoms with E-state index in [2.05, 4.69) is 0 Å². The van der Waals surface area contributed by atoms with E-state index in [1.807, 2.05) is 0 Å². The molecule has 114 valence electrons. The smallest absolute Gasteiger partial charge is 0.282 e. The van der Waals surface area contributed by atoms with Gasteiger partial charge in [-0.3, -0.25) is 4.55 Å². The quantitative estimate of drug-likeness (QED) is 0.192. The van der Waals surface area contributed by atoms with Gasteiger partial charge in [-0.25, -0.2) is 22.0 Å². The van der Waals surface area contributed by atoms with Crippen LogP contribution < -0.4 is 0 Å². The first-order valence-electron chi connectivity index (χ1n) is 4.79. The van der Waals surface area contributed by atoms with Crippen LogP contribution in [0, 0.1) is 36.2 Å². The summed E-state index contributed by atoms with van der Waals surface area (Å²) in [6, 6.07) is 0. The van der Waals surface area contributed by atoms with E-state index in [4.69, 9.17) is 4.55 Å².